The van der Waals surface area contributed by atoms with E-state index in [-0.39, 0.29) is 10.6 Å². The van der Waals surface area contributed by atoms with Crippen LogP contribution >= 0.6 is 27.5 Å². The molecular weight excluding hydrogens is 269 g/mol. The van der Waals surface area contributed by atoms with Gasteiger partial charge in [-0.25, -0.2) is 9.64 Å². The summed E-state index contributed by atoms with van der Waals surface area (Å²) < 4.78 is 5.05. The highest BCUT2D eigenvalue weighted by molar-refractivity contribution is 9.10. The van der Waals surface area contributed by atoms with Gasteiger partial charge in [0.05, 0.1) is 19.2 Å². The summed E-state index contributed by atoms with van der Waals surface area (Å²) in [6.45, 7) is 6.82. The average molecular weight is 275 g/mol. The average Bonchev–Trinajstić information content (AvgIpc) is 2.19. The Hall–Kier alpha value is -1.05. The molecule has 0 heterocycles. The van der Waals surface area contributed by atoms with Crippen molar-refractivity contribution in [1.82, 2.24) is 0 Å². The molecule has 0 saturated heterocycles. The van der Waals surface area contributed by atoms with Gasteiger partial charge in [-0.05, 0) is 12.1 Å². The summed E-state index contributed by atoms with van der Waals surface area (Å²) in [6, 6.07) is 2.90. The third-order valence-corrected chi connectivity index (χ3v) is 2.51. The number of halogens is 2. The summed E-state index contributed by atoms with van der Waals surface area (Å²) in [6.07, 6.45) is 0. The minimum Gasteiger partial charge on any atom is -0.465 e. The summed E-state index contributed by atoms with van der Waals surface area (Å²) in [5.41, 5.74) is 0.607. The van der Waals surface area contributed by atoms with E-state index in [1.54, 1.807) is 0 Å². The highest BCUT2D eigenvalue weighted by atomic mass is 79.9. The van der Waals surface area contributed by atoms with Crippen molar-refractivity contribution < 1.29 is 9.53 Å². The predicted octanol–water partition coefficient (Wildman–Crippen LogP) is 3.44. The highest BCUT2D eigenvalue weighted by Crippen LogP contribution is 2.31. The standard InChI is InChI=1S/C9H5BrClNO2/c1-12-8-4-7(11)5(3-6(8)10)9(13)14-2/h3-4H,2H3. The van der Waals surface area contributed by atoms with Gasteiger partial charge in [-0.3, -0.25) is 0 Å². The van der Waals surface area contributed by atoms with E-state index in [2.05, 4.69) is 25.5 Å². The van der Waals surface area contributed by atoms with Crippen molar-refractivity contribution in [2.24, 2.45) is 0 Å². The second kappa shape index (κ2) is 4.45. The molecule has 5 heteroatoms. The molecule has 72 valence electrons. The van der Waals surface area contributed by atoms with Crippen molar-refractivity contribution in [2.45, 2.75) is 0 Å². The molecule has 1 aromatic rings. The van der Waals surface area contributed by atoms with Gasteiger partial charge in [-0.15, -0.1) is 0 Å². The minimum atomic E-state index is -0.521. The van der Waals surface area contributed by atoms with Crippen molar-refractivity contribution in [3.63, 3.8) is 0 Å². The Morgan fingerprint density at radius 1 is 1.64 bits per heavy atom. The summed E-state index contributed by atoms with van der Waals surface area (Å²) in [5, 5.41) is 0.214. The second-order valence-corrected chi connectivity index (χ2v) is 3.65. The normalized spacial score (nSPS) is 9.29. The molecule has 0 fully saturated rings. The van der Waals surface area contributed by atoms with Gasteiger partial charge in [0.2, 0.25) is 5.69 Å². The molecule has 0 bridgehead atoms. The molecule has 0 unspecified atom stereocenters. The molecule has 0 saturated carbocycles. The lowest BCUT2D eigenvalue weighted by Gasteiger charge is -2.03. The van der Waals surface area contributed by atoms with E-state index in [9.17, 15) is 4.79 Å². The van der Waals surface area contributed by atoms with Crippen molar-refractivity contribution in [2.75, 3.05) is 7.11 Å². The van der Waals surface area contributed by atoms with E-state index < -0.39 is 5.97 Å². The monoisotopic (exact) mass is 273 g/mol. The minimum absolute atomic E-state index is 0.214. The Labute approximate surface area is 94.6 Å². The van der Waals surface area contributed by atoms with Crippen LogP contribution in [-0.2, 0) is 4.74 Å². The Kier molecular flexibility index (Phi) is 3.50. The Bertz CT molecular complexity index is 426. The van der Waals surface area contributed by atoms with Crippen LogP contribution in [0.15, 0.2) is 16.6 Å². The van der Waals surface area contributed by atoms with E-state index >= 15 is 0 Å². The number of hydrogen-bond acceptors (Lipinski definition) is 2. The van der Waals surface area contributed by atoms with Gasteiger partial charge >= 0.3 is 5.97 Å². The molecule has 0 N–H and O–H groups in total. The number of carbonyl (C=O) groups is 1. The zero-order valence-corrected chi connectivity index (χ0v) is 9.52. The summed E-state index contributed by atoms with van der Waals surface area (Å²) in [7, 11) is 1.27. The fraction of sp³-hybridized carbons (Fsp3) is 0.111. The fourth-order valence-electron chi connectivity index (χ4n) is 0.888. The van der Waals surface area contributed by atoms with Gasteiger partial charge in [-0.1, -0.05) is 27.5 Å². The van der Waals surface area contributed by atoms with Crippen molar-refractivity contribution in [1.29, 1.82) is 0 Å². The molecule has 1 aromatic carbocycles. The van der Waals surface area contributed by atoms with Crippen LogP contribution in [0.4, 0.5) is 5.69 Å². The molecule has 0 aliphatic rings. The third kappa shape index (κ3) is 2.06. The molecule has 3 nitrogen and oxygen atoms in total. The number of esters is 1. The van der Waals surface area contributed by atoms with Crippen LogP contribution in [0.5, 0.6) is 0 Å². The maximum atomic E-state index is 11.2. The fourth-order valence-corrected chi connectivity index (χ4v) is 1.56. The van der Waals surface area contributed by atoms with Gasteiger partial charge in [0.1, 0.15) is 0 Å². The van der Waals surface area contributed by atoms with Crippen LogP contribution in [-0.4, -0.2) is 13.1 Å². The number of rotatable bonds is 1. The largest absolute Gasteiger partial charge is 0.465 e. The number of methoxy groups -OCH3 is 1. The van der Waals surface area contributed by atoms with Crippen molar-refractivity contribution in [3.05, 3.63) is 38.6 Å². The van der Waals surface area contributed by atoms with Crippen LogP contribution in [0.1, 0.15) is 10.4 Å². The first-order chi connectivity index (χ1) is 6.60. The van der Waals surface area contributed by atoms with Crippen LogP contribution in [0.25, 0.3) is 4.85 Å². The third-order valence-electron chi connectivity index (χ3n) is 1.56. The van der Waals surface area contributed by atoms with E-state index in [4.69, 9.17) is 18.2 Å². The van der Waals surface area contributed by atoms with E-state index in [0.717, 1.165) is 0 Å². The quantitative estimate of drug-likeness (QED) is 0.580. The zero-order valence-electron chi connectivity index (χ0n) is 7.17. The van der Waals surface area contributed by atoms with Gasteiger partial charge in [0.15, 0.2) is 0 Å². The highest BCUT2D eigenvalue weighted by Gasteiger charge is 2.13. The Morgan fingerprint density at radius 3 is 2.79 bits per heavy atom. The zero-order chi connectivity index (χ0) is 10.7. The molecule has 0 aliphatic heterocycles. The van der Waals surface area contributed by atoms with Gasteiger partial charge in [0.25, 0.3) is 0 Å². The lowest BCUT2D eigenvalue weighted by molar-refractivity contribution is 0.0601. The van der Waals surface area contributed by atoms with Crippen LogP contribution in [0.3, 0.4) is 0 Å². The predicted molar refractivity (Wildman–Crippen MR) is 56.8 cm³/mol. The van der Waals surface area contributed by atoms with Gasteiger partial charge < -0.3 is 4.74 Å². The van der Waals surface area contributed by atoms with Crippen LogP contribution in [0.2, 0.25) is 5.02 Å². The molecule has 0 atom stereocenters. The number of hydrogen-bond donors (Lipinski definition) is 0. The molecule has 0 aromatic heterocycles. The molecule has 14 heavy (non-hydrogen) atoms. The lowest BCUT2D eigenvalue weighted by Crippen LogP contribution is -2.01. The second-order valence-electron chi connectivity index (χ2n) is 2.39. The van der Waals surface area contributed by atoms with Crippen LogP contribution in [0, 0.1) is 6.57 Å². The van der Waals surface area contributed by atoms with Crippen molar-refractivity contribution >= 4 is 39.2 Å². The van der Waals surface area contributed by atoms with Crippen LogP contribution < -0.4 is 0 Å². The molecule has 0 spiro atoms. The molecular formula is C9H5BrClNO2. The molecule has 0 aliphatic carbocycles. The number of benzene rings is 1. The molecule has 0 amide bonds. The Morgan fingerprint density at radius 2 is 2.29 bits per heavy atom. The topological polar surface area (TPSA) is 30.7 Å². The van der Waals surface area contributed by atoms with E-state index in [0.29, 0.717) is 10.2 Å². The first-order valence-corrected chi connectivity index (χ1v) is 4.72. The first-order valence-electron chi connectivity index (χ1n) is 3.55. The summed E-state index contributed by atoms with van der Waals surface area (Å²) >= 11 is 8.95. The molecule has 0 radical (unpaired) electrons. The maximum absolute atomic E-state index is 11.2. The summed E-state index contributed by atoms with van der Waals surface area (Å²) in [4.78, 5) is 14.4. The molecule has 1 rings (SSSR count). The lowest BCUT2D eigenvalue weighted by atomic mass is 10.2. The number of nitrogens with zero attached hydrogens (tertiary/aromatic N) is 1. The first kappa shape index (κ1) is 11.0. The van der Waals surface area contributed by atoms with E-state index in [1.165, 1.54) is 19.2 Å². The smallest absolute Gasteiger partial charge is 0.339 e. The number of carbonyl (C=O) groups excluding carboxylic acids is 1. The van der Waals surface area contributed by atoms with Crippen molar-refractivity contribution in [3.8, 4) is 0 Å². The van der Waals surface area contributed by atoms with Gasteiger partial charge in [0, 0.05) is 9.50 Å². The van der Waals surface area contributed by atoms with E-state index in [1.807, 2.05) is 0 Å². The summed E-state index contributed by atoms with van der Waals surface area (Å²) in [5.74, 6) is -0.521. The SMILES string of the molecule is [C-]#[N+]c1cc(Cl)c(C(=O)OC)cc1Br. The maximum Gasteiger partial charge on any atom is 0.339 e. The Balaban J connectivity index is 3.30. The van der Waals surface area contributed by atoms with Gasteiger partial charge in [-0.2, -0.15) is 0 Å². The number of ether oxygens (including phenoxy) is 1.